The fraction of sp³-hybridized carbons (Fsp3) is 0.882. The van der Waals surface area contributed by atoms with Crippen LogP contribution in [-0.4, -0.2) is 24.6 Å². The van der Waals surface area contributed by atoms with Crippen LogP contribution in [0.25, 0.3) is 0 Å². The zero-order valence-corrected chi connectivity index (χ0v) is 25.6. The van der Waals surface area contributed by atoms with Crippen LogP contribution in [0.4, 0.5) is 0 Å². The molecule has 0 aromatic rings. The first kappa shape index (κ1) is 28.2. The Bertz CT molecular complexity index is 998. The van der Waals surface area contributed by atoms with Crippen LogP contribution in [-0.2, 0) is 19.1 Å². The van der Waals surface area contributed by atoms with Crippen molar-refractivity contribution in [3.63, 3.8) is 0 Å². The van der Waals surface area contributed by atoms with Crippen LogP contribution in [0.5, 0.6) is 0 Å². The lowest BCUT2D eigenvalue weighted by Gasteiger charge is -2.73. The average Bonchev–Trinajstić information content (AvgIpc) is 3.20. The van der Waals surface area contributed by atoms with Gasteiger partial charge < -0.3 is 9.47 Å². The molecule has 0 heterocycles. The summed E-state index contributed by atoms with van der Waals surface area (Å²) in [5.74, 6) is 2.76. The molecule has 214 valence electrons. The van der Waals surface area contributed by atoms with Gasteiger partial charge in [0.25, 0.3) is 0 Å². The summed E-state index contributed by atoms with van der Waals surface area (Å²) in [4.78, 5) is 23.8. The molecule has 0 spiro atoms. The highest BCUT2D eigenvalue weighted by Crippen LogP contribution is 2.77. The van der Waals surface area contributed by atoms with Gasteiger partial charge in [-0.3, -0.25) is 9.59 Å². The maximum atomic E-state index is 11.9. The number of rotatable bonds is 4. The van der Waals surface area contributed by atoms with Crippen LogP contribution in [0.15, 0.2) is 12.2 Å². The van der Waals surface area contributed by atoms with Crippen LogP contribution in [0.3, 0.4) is 0 Å². The van der Waals surface area contributed by atoms with Gasteiger partial charge in [-0.25, -0.2) is 0 Å². The van der Waals surface area contributed by atoms with E-state index in [0.717, 1.165) is 12.8 Å². The molecule has 5 aliphatic carbocycles. The van der Waals surface area contributed by atoms with Gasteiger partial charge in [0.15, 0.2) is 0 Å². The monoisotopic (exact) mass is 526 g/mol. The summed E-state index contributed by atoms with van der Waals surface area (Å²) in [7, 11) is 0. The molecule has 5 fully saturated rings. The highest BCUT2D eigenvalue weighted by Gasteiger charge is 2.71. The number of carbonyl (C=O) groups excluding carboxylic acids is 2. The Morgan fingerprint density at radius 1 is 0.763 bits per heavy atom. The van der Waals surface area contributed by atoms with Crippen molar-refractivity contribution in [2.45, 2.75) is 126 Å². The predicted octanol–water partition coefficient (Wildman–Crippen LogP) is 8.14. The maximum Gasteiger partial charge on any atom is 0.302 e. The van der Waals surface area contributed by atoms with E-state index in [1.54, 1.807) is 13.8 Å². The van der Waals surface area contributed by atoms with Crippen molar-refractivity contribution in [1.82, 2.24) is 0 Å². The Morgan fingerprint density at radius 3 is 2.11 bits per heavy atom. The highest BCUT2D eigenvalue weighted by atomic mass is 16.5. The number of fused-ring (bicyclic) bond motifs is 7. The number of hydrogen-bond acceptors (Lipinski definition) is 4. The summed E-state index contributed by atoms with van der Waals surface area (Å²) in [5.41, 5.74) is 2.30. The fourth-order valence-electron chi connectivity index (χ4n) is 12.2. The van der Waals surface area contributed by atoms with E-state index < -0.39 is 0 Å². The Labute approximate surface area is 232 Å². The van der Waals surface area contributed by atoms with Gasteiger partial charge in [-0.15, -0.1) is 0 Å². The molecule has 0 aromatic carbocycles. The minimum absolute atomic E-state index is 0.00000109. The molecule has 10 atom stereocenters. The zero-order valence-electron chi connectivity index (χ0n) is 25.6. The van der Waals surface area contributed by atoms with E-state index in [1.165, 1.54) is 56.9 Å². The molecule has 38 heavy (non-hydrogen) atoms. The van der Waals surface area contributed by atoms with Gasteiger partial charge in [0.1, 0.15) is 6.10 Å². The normalized spacial score (nSPS) is 49.1. The summed E-state index contributed by atoms with van der Waals surface area (Å²) in [6.45, 7) is 23.1. The van der Waals surface area contributed by atoms with Gasteiger partial charge in [-0.2, -0.15) is 0 Å². The van der Waals surface area contributed by atoms with Crippen molar-refractivity contribution in [3.05, 3.63) is 12.2 Å². The second kappa shape index (κ2) is 9.10. The molecule has 5 aliphatic rings. The van der Waals surface area contributed by atoms with E-state index in [1.807, 2.05) is 0 Å². The molecule has 0 unspecified atom stereocenters. The molecule has 0 amide bonds. The highest BCUT2D eigenvalue weighted by molar-refractivity contribution is 5.66. The number of hydrogen-bond donors (Lipinski definition) is 0. The first-order valence-corrected chi connectivity index (χ1v) is 15.6. The van der Waals surface area contributed by atoms with Crippen molar-refractivity contribution in [3.8, 4) is 0 Å². The molecule has 0 N–H and O–H groups in total. The lowest BCUT2D eigenvalue weighted by Crippen LogP contribution is -2.67. The van der Waals surface area contributed by atoms with Gasteiger partial charge in [-0.1, -0.05) is 46.8 Å². The smallest absolute Gasteiger partial charge is 0.302 e. The number of allylic oxidation sites excluding steroid dienone is 1. The summed E-state index contributed by atoms with van der Waals surface area (Å²) >= 11 is 0. The number of ether oxygens (including phenoxy) is 2. The molecule has 4 heteroatoms. The van der Waals surface area contributed by atoms with Crippen LogP contribution in [0.1, 0.15) is 120 Å². The SMILES string of the molecule is C=C(C)[C@@H]1CC[C@]2(COC(C)=O)CC[C@]3(C)[C@H](CC[C@H]4[C@@]5(C)CC[C@H](OC(C)=O)C(C)(C)[C@@H]5CC[C@]43C)[C@@H]12. The lowest BCUT2D eigenvalue weighted by molar-refractivity contribution is -0.252. The summed E-state index contributed by atoms with van der Waals surface area (Å²) in [6.07, 6.45) is 12.0. The first-order chi connectivity index (χ1) is 17.6. The second-order valence-corrected chi connectivity index (χ2v) is 15.8. The molecule has 0 radical (unpaired) electrons. The van der Waals surface area contributed by atoms with Crippen molar-refractivity contribution in [2.24, 2.45) is 56.7 Å². The Kier molecular flexibility index (Phi) is 6.76. The predicted molar refractivity (Wildman–Crippen MR) is 151 cm³/mol. The van der Waals surface area contributed by atoms with Gasteiger partial charge in [0.05, 0.1) is 6.61 Å². The Hall–Kier alpha value is -1.32. The van der Waals surface area contributed by atoms with E-state index in [2.05, 4.69) is 48.1 Å². The number of esters is 2. The molecule has 0 aliphatic heterocycles. The van der Waals surface area contributed by atoms with Crippen LogP contribution in [0.2, 0.25) is 0 Å². The average molecular weight is 527 g/mol. The fourth-order valence-corrected chi connectivity index (χ4v) is 12.2. The van der Waals surface area contributed by atoms with Crippen LogP contribution >= 0.6 is 0 Å². The third-order valence-corrected chi connectivity index (χ3v) is 14.0. The van der Waals surface area contributed by atoms with E-state index in [0.29, 0.717) is 41.6 Å². The van der Waals surface area contributed by atoms with Gasteiger partial charge in [0, 0.05) is 24.7 Å². The molecule has 0 bridgehead atoms. The third kappa shape index (κ3) is 3.80. The molecule has 0 saturated heterocycles. The third-order valence-electron chi connectivity index (χ3n) is 14.0. The maximum absolute atomic E-state index is 11.9. The standard InChI is InChI=1S/C34H54O4/c1-21(2)24-12-17-34(20-37-22(3)35)19-18-32(8)25(29(24)34)10-11-27-31(7)15-14-28(38-23(4)36)30(5,6)26(31)13-16-33(27,32)9/h24-29H,1,10-20H2,2-9H3/t24-,25+,26-,27-,28-,29+,31-,32+,33+,34+/m0/s1. The minimum atomic E-state index is -0.140. The van der Waals surface area contributed by atoms with E-state index >= 15 is 0 Å². The van der Waals surface area contributed by atoms with Crippen LogP contribution < -0.4 is 0 Å². The Morgan fingerprint density at radius 2 is 1.47 bits per heavy atom. The molecule has 0 aromatic heterocycles. The summed E-state index contributed by atoms with van der Waals surface area (Å²) in [5, 5.41) is 0. The Balaban J connectivity index is 1.49. The second-order valence-electron chi connectivity index (χ2n) is 15.8. The summed E-state index contributed by atoms with van der Waals surface area (Å²) in [6, 6.07) is 0. The molecular formula is C34H54O4. The molecule has 5 saturated carbocycles. The van der Waals surface area contributed by atoms with Gasteiger partial charge >= 0.3 is 11.9 Å². The number of carbonyl (C=O) groups is 2. The minimum Gasteiger partial charge on any atom is -0.465 e. The quantitative estimate of drug-likeness (QED) is 0.274. The zero-order chi connectivity index (χ0) is 27.9. The topological polar surface area (TPSA) is 52.6 Å². The molecule has 4 nitrogen and oxygen atoms in total. The summed E-state index contributed by atoms with van der Waals surface area (Å²) < 4.78 is 11.7. The van der Waals surface area contributed by atoms with Crippen LogP contribution in [0, 0.1) is 56.7 Å². The molecule has 5 rings (SSSR count). The first-order valence-electron chi connectivity index (χ1n) is 15.6. The van der Waals surface area contributed by atoms with Gasteiger partial charge in [0.2, 0.25) is 0 Å². The van der Waals surface area contributed by atoms with E-state index in [-0.39, 0.29) is 39.7 Å². The van der Waals surface area contributed by atoms with E-state index in [4.69, 9.17) is 9.47 Å². The van der Waals surface area contributed by atoms with E-state index in [9.17, 15) is 9.59 Å². The van der Waals surface area contributed by atoms with Gasteiger partial charge in [-0.05, 0) is 117 Å². The lowest BCUT2D eigenvalue weighted by atomic mass is 9.32. The molecular weight excluding hydrogens is 472 g/mol. The van der Waals surface area contributed by atoms with Crippen molar-refractivity contribution >= 4 is 11.9 Å². The van der Waals surface area contributed by atoms with Crippen molar-refractivity contribution < 1.29 is 19.1 Å². The van der Waals surface area contributed by atoms with Crippen molar-refractivity contribution in [2.75, 3.05) is 6.61 Å². The van der Waals surface area contributed by atoms with Crippen molar-refractivity contribution in [1.29, 1.82) is 0 Å². The largest absolute Gasteiger partial charge is 0.465 e.